The molecule has 1 unspecified atom stereocenters. The zero-order chi connectivity index (χ0) is 16.7. The van der Waals surface area contributed by atoms with E-state index in [4.69, 9.17) is 10.2 Å². The Labute approximate surface area is 127 Å². The number of carbonyl (C=O) groups is 3. The zero-order valence-electron chi connectivity index (χ0n) is 12.1. The van der Waals surface area contributed by atoms with Crippen LogP contribution in [0.1, 0.15) is 30.4 Å². The Kier molecular flexibility index (Phi) is 6.49. The second kappa shape index (κ2) is 8.11. The van der Waals surface area contributed by atoms with Crippen molar-refractivity contribution in [3.8, 4) is 0 Å². The van der Waals surface area contributed by atoms with Gasteiger partial charge in [0.25, 0.3) is 0 Å². The third-order valence-electron chi connectivity index (χ3n) is 3.10. The van der Waals surface area contributed by atoms with Gasteiger partial charge in [0.2, 0.25) is 5.91 Å². The SMILES string of the molecule is Cc1cc(CCCC(=O)NC(CC(=O)O)C(=O)O)ccc1F. The lowest BCUT2D eigenvalue weighted by Crippen LogP contribution is -2.42. The lowest BCUT2D eigenvalue weighted by Gasteiger charge is -2.12. The minimum Gasteiger partial charge on any atom is -0.481 e. The van der Waals surface area contributed by atoms with Crippen molar-refractivity contribution in [3.05, 3.63) is 35.1 Å². The number of rotatable bonds is 8. The summed E-state index contributed by atoms with van der Waals surface area (Å²) in [5, 5.41) is 19.6. The first-order valence-corrected chi connectivity index (χ1v) is 6.78. The van der Waals surface area contributed by atoms with E-state index < -0.39 is 30.3 Å². The minimum absolute atomic E-state index is 0.0693. The van der Waals surface area contributed by atoms with E-state index in [9.17, 15) is 18.8 Å². The van der Waals surface area contributed by atoms with Crippen LogP contribution in [0.5, 0.6) is 0 Å². The molecule has 0 aliphatic heterocycles. The third-order valence-corrected chi connectivity index (χ3v) is 3.10. The molecule has 0 saturated heterocycles. The van der Waals surface area contributed by atoms with E-state index in [2.05, 4.69) is 5.32 Å². The number of hydrogen-bond acceptors (Lipinski definition) is 3. The molecule has 0 fully saturated rings. The molecule has 7 heteroatoms. The average Bonchev–Trinajstić information content (AvgIpc) is 2.41. The molecule has 0 saturated carbocycles. The molecule has 3 N–H and O–H groups in total. The van der Waals surface area contributed by atoms with Crippen molar-refractivity contribution < 1.29 is 29.0 Å². The summed E-state index contributed by atoms with van der Waals surface area (Å²) in [5.41, 5.74) is 1.40. The van der Waals surface area contributed by atoms with Gasteiger partial charge in [0.05, 0.1) is 6.42 Å². The molecule has 120 valence electrons. The van der Waals surface area contributed by atoms with Gasteiger partial charge in [-0.2, -0.15) is 0 Å². The highest BCUT2D eigenvalue weighted by Crippen LogP contribution is 2.11. The Bertz CT molecular complexity index is 573. The highest BCUT2D eigenvalue weighted by molar-refractivity contribution is 5.86. The van der Waals surface area contributed by atoms with Crippen LogP contribution in [0.3, 0.4) is 0 Å². The summed E-state index contributed by atoms with van der Waals surface area (Å²) in [6, 6.07) is 3.25. The fourth-order valence-corrected chi connectivity index (χ4v) is 1.96. The number of hydrogen-bond donors (Lipinski definition) is 3. The van der Waals surface area contributed by atoms with E-state index in [1.807, 2.05) is 0 Å². The monoisotopic (exact) mass is 311 g/mol. The van der Waals surface area contributed by atoms with Crippen molar-refractivity contribution in [1.82, 2.24) is 5.32 Å². The van der Waals surface area contributed by atoms with Gasteiger partial charge in [-0.15, -0.1) is 0 Å². The summed E-state index contributed by atoms with van der Waals surface area (Å²) in [6.07, 6.45) is 0.402. The molecule has 0 bridgehead atoms. The van der Waals surface area contributed by atoms with Crippen LogP contribution < -0.4 is 5.32 Å². The van der Waals surface area contributed by atoms with Crippen LogP contribution in [-0.2, 0) is 20.8 Å². The summed E-state index contributed by atoms with van der Waals surface area (Å²) >= 11 is 0. The van der Waals surface area contributed by atoms with Crippen molar-refractivity contribution in [2.75, 3.05) is 0 Å². The molecule has 1 aromatic rings. The quantitative estimate of drug-likeness (QED) is 0.675. The molecule has 0 aliphatic rings. The van der Waals surface area contributed by atoms with E-state index in [0.717, 1.165) is 5.56 Å². The van der Waals surface area contributed by atoms with Crippen LogP contribution in [0.4, 0.5) is 4.39 Å². The smallest absolute Gasteiger partial charge is 0.326 e. The average molecular weight is 311 g/mol. The number of carboxylic acids is 2. The van der Waals surface area contributed by atoms with Gasteiger partial charge >= 0.3 is 11.9 Å². The number of nitrogens with one attached hydrogen (secondary N) is 1. The Hall–Kier alpha value is -2.44. The molecule has 0 aliphatic carbocycles. The number of amides is 1. The van der Waals surface area contributed by atoms with Gasteiger partial charge in [-0.1, -0.05) is 12.1 Å². The number of halogens is 1. The second-order valence-corrected chi connectivity index (χ2v) is 4.99. The largest absolute Gasteiger partial charge is 0.481 e. The summed E-state index contributed by atoms with van der Waals surface area (Å²) in [7, 11) is 0. The van der Waals surface area contributed by atoms with Gasteiger partial charge in [-0.05, 0) is 37.0 Å². The highest BCUT2D eigenvalue weighted by atomic mass is 19.1. The van der Waals surface area contributed by atoms with Crippen molar-refractivity contribution in [1.29, 1.82) is 0 Å². The maximum absolute atomic E-state index is 13.1. The van der Waals surface area contributed by atoms with Crippen molar-refractivity contribution in [3.63, 3.8) is 0 Å². The van der Waals surface area contributed by atoms with Crippen molar-refractivity contribution in [2.24, 2.45) is 0 Å². The first kappa shape index (κ1) is 17.6. The normalized spacial score (nSPS) is 11.7. The molecular formula is C15H18FNO5. The predicted molar refractivity (Wildman–Crippen MR) is 75.9 cm³/mol. The maximum Gasteiger partial charge on any atom is 0.326 e. The topological polar surface area (TPSA) is 104 Å². The molecule has 6 nitrogen and oxygen atoms in total. The van der Waals surface area contributed by atoms with Crippen LogP contribution in [0.25, 0.3) is 0 Å². The fraction of sp³-hybridized carbons (Fsp3) is 0.400. The van der Waals surface area contributed by atoms with E-state index >= 15 is 0 Å². The fourth-order valence-electron chi connectivity index (χ4n) is 1.96. The van der Waals surface area contributed by atoms with E-state index in [-0.39, 0.29) is 12.2 Å². The standard InChI is InChI=1S/C15H18FNO5/c1-9-7-10(5-6-11(9)16)3-2-4-13(18)17-12(15(21)22)8-14(19)20/h5-7,12H,2-4,8H2,1H3,(H,17,18)(H,19,20)(H,21,22). The molecule has 0 heterocycles. The highest BCUT2D eigenvalue weighted by Gasteiger charge is 2.22. The van der Waals surface area contributed by atoms with Crippen LogP contribution in [-0.4, -0.2) is 34.1 Å². The Morgan fingerprint density at radius 3 is 2.50 bits per heavy atom. The van der Waals surface area contributed by atoms with Gasteiger partial charge in [0, 0.05) is 6.42 Å². The van der Waals surface area contributed by atoms with Crippen LogP contribution in [0, 0.1) is 12.7 Å². The molecule has 1 rings (SSSR count). The van der Waals surface area contributed by atoms with Gasteiger partial charge in [-0.25, -0.2) is 9.18 Å². The summed E-state index contributed by atoms with van der Waals surface area (Å²) < 4.78 is 13.1. The van der Waals surface area contributed by atoms with Crippen molar-refractivity contribution >= 4 is 17.8 Å². The van der Waals surface area contributed by atoms with Crippen LogP contribution in [0.2, 0.25) is 0 Å². The lowest BCUT2D eigenvalue weighted by atomic mass is 10.1. The van der Waals surface area contributed by atoms with Crippen LogP contribution >= 0.6 is 0 Å². The third kappa shape index (κ3) is 5.90. The maximum atomic E-state index is 13.1. The number of carboxylic acid groups (broad SMARTS) is 2. The molecule has 0 spiro atoms. The van der Waals surface area contributed by atoms with Gasteiger partial charge in [0.15, 0.2) is 0 Å². The molecular weight excluding hydrogens is 293 g/mol. The predicted octanol–water partition coefficient (Wildman–Crippen LogP) is 1.50. The van der Waals surface area contributed by atoms with E-state index in [0.29, 0.717) is 18.4 Å². The van der Waals surface area contributed by atoms with Gasteiger partial charge < -0.3 is 15.5 Å². The number of benzene rings is 1. The molecule has 1 atom stereocenters. The number of aryl methyl sites for hydroxylation is 2. The number of aliphatic carboxylic acids is 2. The summed E-state index contributed by atoms with van der Waals surface area (Å²) in [6.45, 7) is 1.65. The van der Waals surface area contributed by atoms with E-state index in [1.165, 1.54) is 6.07 Å². The first-order chi connectivity index (χ1) is 10.3. The Morgan fingerprint density at radius 1 is 1.27 bits per heavy atom. The first-order valence-electron chi connectivity index (χ1n) is 6.78. The van der Waals surface area contributed by atoms with Crippen molar-refractivity contribution in [2.45, 2.75) is 38.6 Å². The molecule has 0 radical (unpaired) electrons. The molecule has 0 aromatic heterocycles. The minimum atomic E-state index is -1.43. The lowest BCUT2D eigenvalue weighted by molar-refractivity contribution is -0.147. The molecule has 1 aromatic carbocycles. The van der Waals surface area contributed by atoms with Gasteiger partial charge in [0.1, 0.15) is 11.9 Å². The number of carbonyl (C=O) groups excluding carboxylic acids is 1. The zero-order valence-corrected chi connectivity index (χ0v) is 12.1. The Morgan fingerprint density at radius 2 is 1.95 bits per heavy atom. The molecule has 1 amide bonds. The second-order valence-electron chi connectivity index (χ2n) is 4.99. The summed E-state index contributed by atoms with van der Waals surface area (Å²) in [4.78, 5) is 33.0. The Balaban J connectivity index is 2.43. The van der Waals surface area contributed by atoms with Crippen LogP contribution in [0.15, 0.2) is 18.2 Å². The summed E-state index contributed by atoms with van der Waals surface area (Å²) in [5.74, 6) is -3.49. The van der Waals surface area contributed by atoms with Gasteiger partial charge in [-0.3, -0.25) is 9.59 Å². The molecule has 22 heavy (non-hydrogen) atoms. The van der Waals surface area contributed by atoms with E-state index in [1.54, 1.807) is 19.1 Å².